The quantitative estimate of drug-likeness (QED) is 0.302. The Balaban J connectivity index is 1.53. The van der Waals surface area contributed by atoms with Gasteiger partial charge >= 0.3 is 0 Å². The summed E-state index contributed by atoms with van der Waals surface area (Å²) in [4.78, 5) is 17.1. The number of benzene rings is 2. The molecule has 1 N–H and O–H groups in total. The van der Waals surface area contributed by atoms with Gasteiger partial charge in [0.25, 0.3) is 5.76 Å². The lowest BCUT2D eigenvalue weighted by atomic mass is 10.1. The highest BCUT2D eigenvalue weighted by atomic mass is 32.2. The topological polar surface area (TPSA) is 72.7 Å². The lowest BCUT2D eigenvalue weighted by Gasteiger charge is -2.12. The van der Waals surface area contributed by atoms with Crippen LogP contribution < -0.4 is 5.32 Å². The first kappa shape index (κ1) is 23.9. The van der Waals surface area contributed by atoms with Crippen LogP contribution in [-0.2, 0) is 4.79 Å². The number of alkyl halides is 2. The first-order valence-electron chi connectivity index (χ1n) is 10.3. The SMILES string of the molecule is Cc1ccc(-n2c(SCC(=O)Nc3ccc(SC(F)F)cc3)nnc2-c2ccncc2)cc1C. The molecular formula is C24H21F2N5OS2. The zero-order chi connectivity index (χ0) is 24.1. The number of thioether (sulfide) groups is 2. The van der Waals surface area contributed by atoms with Crippen molar-refractivity contribution in [2.45, 2.75) is 29.7 Å². The highest BCUT2D eigenvalue weighted by molar-refractivity contribution is 8.00. The number of nitrogens with zero attached hydrogens (tertiary/aromatic N) is 4. The van der Waals surface area contributed by atoms with Gasteiger partial charge in [-0.15, -0.1) is 10.2 Å². The molecule has 0 aliphatic carbocycles. The van der Waals surface area contributed by atoms with E-state index in [1.807, 2.05) is 42.7 Å². The molecule has 0 spiro atoms. The number of anilines is 1. The molecule has 1 amide bonds. The number of nitrogens with one attached hydrogen (secondary N) is 1. The van der Waals surface area contributed by atoms with Crippen molar-refractivity contribution < 1.29 is 13.6 Å². The third-order valence-electron chi connectivity index (χ3n) is 5.02. The van der Waals surface area contributed by atoms with E-state index in [0.29, 0.717) is 33.3 Å². The maximum Gasteiger partial charge on any atom is 0.288 e. The minimum Gasteiger partial charge on any atom is -0.325 e. The number of pyridine rings is 1. The van der Waals surface area contributed by atoms with Gasteiger partial charge in [-0.25, -0.2) is 0 Å². The summed E-state index contributed by atoms with van der Waals surface area (Å²) < 4.78 is 26.9. The van der Waals surface area contributed by atoms with Crippen molar-refractivity contribution in [1.82, 2.24) is 19.7 Å². The normalized spacial score (nSPS) is 11.1. The molecule has 6 nitrogen and oxygen atoms in total. The fraction of sp³-hybridized carbons (Fsp3) is 0.167. The summed E-state index contributed by atoms with van der Waals surface area (Å²) in [6.45, 7) is 4.09. The van der Waals surface area contributed by atoms with Crippen LogP contribution in [-0.4, -0.2) is 37.2 Å². The summed E-state index contributed by atoms with van der Waals surface area (Å²) in [6, 6.07) is 16.1. The highest BCUT2D eigenvalue weighted by Gasteiger charge is 2.18. The monoisotopic (exact) mass is 497 g/mol. The van der Waals surface area contributed by atoms with E-state index >= 15 is 0 Å². The van der Waals surface area contributed by atoms with E-state index in [2.05, 4.69) is 26.6 Å². The second kappa shape index (κ2) is 10.8. The molecule has 0 radical (unpaired) electrons. The fourth-order valence-electron chi connectivity index (χ4n) is 3.20. The first-order chi connectivity index (χ1) is 16.4. The molecule has 0 saturated heterocycles. The van der Waals surface area contributed by atoms with Crippen molar-refractivity contribution in [3.8, 4) is 17.1 Å². The molecule has 0 atom stereocenters. The van der Waals surface area contributed by atoms with Crippen LogP contribution in [0.2, 0.25) is 0 Å². The fourth-order valence-corrected chi connectivity index (χ4v) is 4.45. The summed E-state index contributed by atoms with van der Waals surface area (Å²) in [5.41, 5.74) is 4.61. The Morgan fingerprint density at radius 1 is 1.00 bits per heavy atom. The minimum absolute atomic E-state index is 0.104. The maximum atomic E-state index is 12.5. The van der Waals surface area contributed by atoms with Crippen LogP contribution >= 0.6 is 23.5 Å². The Hall–Kier alpha value is -3.24. The van der Waals surface area contributed by atoms with Crippen LogP contribution in [0.4, 0.5) is 14.5 Å². The Labute approximate surface area is 204 Å². The lowest BCUT2D eigenvalue weighted by Crippen LogP contribution is -2.14. The van der Waals surface area contributed by atoms with E-state index < -0.39 is 5.76 Å². The van der Waals surface area contributed by atoms with Gasteiger partial charge in [-0.1, -0.05) is 29.6 Å². The second-order valence-corrected chi connectivity index (χ2v) is 9.39. The van der Waals surface area contributed by atoms with Crippen LogP contribution in [0.5, 0.6) is 0 Å². The summed E-state index contributed by atoms with van der Waals surface area (Å²) in [5.74, 6) is -1.96. The van der Waals surface area contributed by atoms with Crippen molar-refractivity contribution in [2.24, 2.45) is 0 Å². The van der Waals surface area contributed by atoms with Crippen LogP contribution in [0, 0.1) is 13.8 Å². The van der Waals surface area contributed by atoms with Gasteiger partial charge in [0.05, 0.1) is 11.4 Å². The third-order valence-corrected chi connectivity index (χ3v) is 6.67. The van der Waals surface area contributed by atoms with Gasteiger partial charge in [-0.3, -0.25) is 14.3 Å². The first-order valence-corrected chi connectivity index (χ1v) is 12.2. The van der Waals surface area contributed by atoms with E-state index in [9.17, 15) is 13.6 Å². The van der Waals surface area contributed by atoms with Gasteiger partial charge in [0.15, 0.2) is 11.0 Å². The molecule has 2 aromatic carbocycles. The number of carbonyl (C=O) groups is 1. The van der Waals surface area contributed by atoms with Gasteiger partial charge in [0, 0.05) is 28.5 Å². The Bertz CT molecular complexity index is 1280. The van der Waals surface area contributed by atoms with Crippen molar-refractivity contribution in [2.75, 3.05) is 11.1 Å². The zero-order valence-corrected chi connectivity index (χ0v) is 20.0. The van der Waals surface area contributed by atoms with Crippen LogP contribution in [0.25, 0.3) is 17.1 Å². The molecule has 4 aromatic rings. The van der Waals surface area contributed by atoms with E-state index in [1.54, 1.807) is 36.7 Å². The average Bonchev–Trinajstić information content (AvgIpc) is 3.25. The van der Waals surface area contributed by atoms with E-state index in [4.69, 9.17) is 0 Å². The molecule has 0 fully saturated rings. The van der Waals surface area contributed by atoms with Crippen molar-refractivity contribution in [1.29, 1.82) is 0 Å². The number of amides is 1. The second-order valence-electron chi connectivity index (χ2n) is 7.39. The van der Waals surface area contributed by atoms with Crippen LogP contribution in [0.1, 0.15) is 11.1 Å². The molecular weight excluding hydrogens is 476 g/mol. The van der Waals surface area contributed by atoms with E-state index in [-0.39, 0.29) is 11.7 Å². The number of hydrogen-bond donors (Lipinski definition) is 1. The van der Waals surface area contributed by atoms with Crippen molar-refractivity contribution in [3.63, 3.8) is 0 Å². The predicted octanol–water partition coefficient (Wildman–Crippen LogP) is 5.99. The Morgan fingerprint density at radius 2 is 1.74 bits per heavy atom. The van der Waals surface area contributed by atoms with Crippen LogP contribution in [0.15, 0.2) is 77.0 Å². The number of carbonyl (C=O) groups excluding carboxylic acids is 1. The molecule has 2 aromatic heterocycles. The number of aromatic nitrogens is 4. The molecule has 0 aliphatic rings. The van der Waals surface area contributed by atoms with Gasteiger partial charge < -0.3 is 5.32 Å². The number of aryl methyl sites for hydroxylation is 2. The van der Waals surface area contributed by atoms with Gasteiger partial charge in [0.2, 0.25) is 5.91 Å². The van der Waals surface area contributed by atoms with Gasteiger partial charge in [0.1, 0.15) is 0 Å². The smallest absolute Gasteiger partial charge is 0.288 e. The number of hydrogen-bond acceptors (Lipinski definition) is 6. The predicted molar refractivity (Wildman–Crippen MR) is 132 cm³/mol. The number of halogens is 2. The Kier molecular flexibility index (Phi) is 7.59. The minimum atomic E-state index is -2.48. The summed E-state index contributed by atoms with van der Waals surface area (Å²) >= 11 is 1.73. The average molecular weight is 498 g/mol. The van der Waals surface area contributed by atoms with E-state index in [1.165, 1.54) is 17.3 Å². The largest absolute Gasteiger partial charge is 0.325 e. The third kappa shape index (κ3) is 5.81. The molecule has 34 heavy (non-hydrogen) atoms. The summed E-state index contributed by atoms with van der Waals surface area (Å²) in [5, 5.41) is 12.1. The highest BCUT2D eigenvalue weighted by Crippen LogP contribution is 2.29. The van der Waals surface area contributed by atoms with Crippen LogP contribution in [0.3, 0.4) is 0 Å². The molecule has 0 unspecified atom stereocenters. The lowest BCUT2D eigenvalue weighted by molar-refractivity contribution is -0.113. The van der Waals surface area contributed by atoms with Gasteiger partial charge in [-0.2, -0.15) is 8.78 Å². The number of rotatable bonds is 8. The summed E-state index contributed by atoms with van der Waals surface area (Å²) in [6.07, 6.45) is 3.39. The molecule has 0 bridgehead atoms. The molecule has 2 heterocycles. The molecule has 0 aliphatic heterocycles. The molecule has 174 valence electrons. The summed E-state index contributed by atoms with van der Waals surface area (Å²) in [7, 11) is 0. The Morgan fingerprint density at radius 3 is 2.41 bits per heavy atom. The van der Waals surface area contributed by atoms with Crippen molar-refractivity contribution in [3.05, 3.63) is 78.1 Å². The molecule has 10 heteroatoms. The maximum absolute atomic E-state index is 12.5. The standard InChI is InChI=1S/C24H21F2N5OS2/c1-15-3-6-19(13-16(15)2)31-22(17-9-11-27-12-10-17)29-30-24(31)33-14-21(32)28-18-4-7-20(8-5-18)34-23(25)26/h3-13,23H,14H2,1-2H3,(H,28,32). The molecule has 4 rings (SSSR count). The zero-order valence-electron chi connectivity index (χ0n) is 18.4. The molecule has 0 saturated carbocycles. The van der Waals surface area contributed by atoms with E-state index in [0.717, 1.165) is 16.8 Å². The van der Waals surface area contributed by atoms with Gasteiger partial charge in [-0.05, 0) is 73.5 Å². The van der Waals surface area contributed by atoms with Crippen molar-refractivity contribution >= 4 is 35.1 Å².